The lowest BCUT2D eigenvalue weighted by Crippen LogP contribution is -2.70. The maximum Gasteiger partial charge on any atom is 0.229 e. The van der Waals surface area contributed by atoms with Crippen molar-refractivity contribution in [2.45, 2.75) is 44.3 Å². The average Bonchev–Trinajstić information content (AvgIpc) is 3.26. The van der Waals surface area contributed by atoms with Gasteiger partial charge >= 0.3 is 0 Å². The Kier molecular flexibility index (Phi) is 5.37. The van der Waals surface area contributed by atoms with Crippen LogP contribution in [0, 0.1) is 24.2 Å². The molecule has 4 rings (SSSR count). The Morgan fingerprint density at radius 1 is 1.34 bits per heavy atom. The molecule has 1 saturated heterocycles. The van der Waals surface area contributed by atoms with Crippen LogP contribution in [0.15, 0.2) is 18.6 Å². The van der Waals surface area contributed by atoms with E-state index in [1.807, 2.05) is 20.2 Å². The smallest absolute Gasteiger partial charge is 0.229 e. The van der Waals surface area contributed by atoms with Gasteiger partial charge in [-0.15, -0.1) is 0 Å². The molecule has 2 aliphatic rings. The highest BCUT2D eigenvalue weighted by molar-refractivity contribution is 5.57. The van der Waals surface area contributed by atoms with E-state index in [1.54, 1.807) is 17.1 Å². The Bertz CT molecular complexity index is 898. The zero-order valence-corrected chi connectivity index (χ0v) is 16.9. The number of nitriles is 1. The highest BCUT2D eigenvalue weighted by Gasteiger charge is 2.44. The second-order valence-corrected chi connectivity index (χ2v) is 8.36. The van der Waals surface area contributed by atoms with Crippen LogP contribution in [-0.2, 0) is 7.05 Å². The Labute approximate surface area is 170 Å². The van der Waals surface area contributed by atoms with E-state index >= 15 is 0 Å². The van der Waals surface area contributed by atoms with Crippen LogP contribution in [-0.4, -0.2) is 51.1 Å². The Balaban J connectivity index is 1.41. The van der Waals surface area contributed by atoms with E-state index in [-0.39, 0.29) is 5.54 Å². The molecular weight excluding hydrogens is 371 g/mol. The van der Waals surface area contributed by atoms with Crippen molar-refractivity contribution in [1.82, 2.24) is 25.1 Å². The first kappa shape index (κ1) is 19.6. The van der Waals surface area contributed by atoms with Gasteiger partial charge in [0.15, 0.2) is 0 Å². The van der Waals surface area contributed by atoms with Crippen molar-refractivity contribution in [1.29, 1.82) is 5.26 Å². The number of nitrogens with one attached hydrogen (secondary N) is 2. The summed E-state index contributed by atoms with van der Waals surface area (Å²) in [5.41, 5.74) is 1.56. The molecule has 9 heteroatoms. The number of anilines is 3. The van der Waals surface area contributed by atoms with Crippen molar-refractivity contribution >= 4 is 17.5 Å². The molecular formula is C20H27FN8. The Hall–Kier alpha value is -2.73. The topological polar surface area (TPSA) is 94.7 Å². The number of aryl methyl sites for hydroxylation is 2. The molecule has 1 saturated carbocycles. The summed E-state index contributed by atoms with van der Waals surface area (Å²) >= 11 is 0. The number of alkyl halides is 1. The number of rotatable bonds is 7. The number of hydrogen-bond acceptors (Lipinski definition) is 7. The Morgan fingerprint density at radius 3 is 2.83 bits per heavy atom. The van der Waals surface area contributed by atoms with E-state index in [0.29, 0.717) is 44.2 Å². The van der Waals surface area contributed by atoms with E-state index < -0.39 is 6.17 Å². The van der Waals surface area contributed by atoms with Crippen molar-refractivity contribution in [3.05, 3.63) is 24.2 Å². The van der Waals surface area contributed by atoms with Gasteiger partial charge in [-0.3, -0.25) is 4.68 Å². The zero-order chi connectivity index (χ0) is 20.4. The van der Waals surface area contributed by atoms with Crippen LogP contribution in [0.3, 0.4) is 0 Å². The van der Waals surface area contributed by atoms with Crippen LogP contribution in [0.1, 0.15) is 31.2 Å². The summed E-state index contributed by atoms with van der Waals surface area (Å²) in [5, 5.41) is 20.2. The van der Waals surface area contributed by atoms with Gasteiger partial charge in [-0.05, 0) is 38.6 Å². The van der Waals surface area contributed by atoms with Gasteiger partial charge in [0, 0.05) is 38.1 Å². The monoisotopic (exact) mass is 398 g/mol. The summed E-state index contributed by atoms with van der Waals surface area (Å²) < 4.78 is 15.2. The molecule has 0 amide bonds. The number of aromatic nitrogens is 4. The first-order chi connectivity index (χ1) is 14.0. The Morgan fingerprint density at radius 2 is 2.17 bits per heavy atom. The van der Waals surface area contributed by atoms with Crippen molar-refractivity contribution in [3.63, 3.8) is 0 Å². The van der Waals surface area contributed by atoms with Crippen molar-refractivity contribution in [2.75, 3.05) is 29.9 Å². The molecule has 1 aliphatic carbocycles. The molecule has 2 fully saturated rings. The van der Waals surface area contributed by atoms with Gasteiger partial charge in [-0.1, -0.05) is 0 Å². The molecule has 1 aliphatic heterocycles. The van der Waals surface area contributed by atoms with E-state index in [0.717, 1.165) is 30.0 Å². The standard InChI is InChI=1S/C20H27FN8/c1-14-8-23-19(26-17-10-25-28(2)11-17)27-18(14)29-12-20(13-29,5-6-22)24-9-15-3-4-16(21)7-15/h8,10-11,15-16,24H,3-5,7,9,12-13H2,1-2H3,(H,23,26,27)/t15-,16-/m1/s1. The van der Waals surface area contributed by atoms with Crippen LogP contribution >= 0.6 is 0 Å². The molecule has 0 bridgehead atoms. The fourth-order valence-electron chi connectivity index (χ4n) is 4.26. The van der Waals surface area contributed by atoms with Crippen LogP contribution in [0.2, 0.25) is 0 Å². The largest absolute Gasteiger partial charge is 0.352 e. The quantitative estimate of drug-likeness (QED) is 0.740. The van der Waals surface area contributed by atoms with Gasteiger partial charge in [0.2, 0.25) is 5.95 Å². The second kappa shape index (κ2) is 7.95. The van der Waals surface area contributed by atoms with E-state index in [1.165, 1.54) is 0 Å². The maximum absolute atomic E-state index is 13.4. The first-order valence-electron chi connectivity index (χ1n) is 10.1. The molecule has 2 atom stereocenters. The zero-order valence-electron chi connectivity index (χ0n) is 16.9. The predicted octanol–water partition coefficient (Wildman–Crippen LogP) is 2.46. The summed E-state index contributed by atoms with van der Waals surface area (Å²) in [6.07, 6.45) is 7.37. The van der Waals surface area contributed by atoms with Crippen molar-refractivity contribution in [3.8, 4) is 6.07 Å². The molecule has 29 heavy (non-hydrogen) atoms. The fraction of sp³-hybridized carbons (Fsp3) is 0.600. The van der Waals surface area contributed by atoms with Crippen LogP contribution in [0.4, 0.5) is 21.8 Å². The highest BCUT2D eigenvalue weighted by atomic mass is 19.1. The van der Waals surface area contributed by atoms with Crippen molar-refractivity contribution in [2.24, 2.45) is 13.0 Å². The lowest BCUT2D eigenvalue weighted by atomic mass is 9.85. The normalized spacial score (nSPS) is 22.9. The molecule has 0 spiro atoms. The molecule has 0 unspecified atom stereocenters. The molecule has 2 aromatic rings. The summed E-state index contributed by atoms with van der Waals surface area (Å²) in [5.74, 6) is 1.75. The van der Waals surface area contributed by atoms with Crippen LogP contribution in [0.25, 0.3) is 0 Å². The van der Waals surface area contributed by atoms with Crippen LogP contribution in [0.5, 0.6) is 0 Å². The average molecular weight is 398 g/mol. The third-order valence-electron chi connectivity index (χ3n) is 5.85. The van der Waals surface area contributed by atoms with Crippen LogP contribution < -0.4 is 15.5 Å². The molecule has 154 valence electrons. The number of halogens is 1. The summed E-state index contributed by atoms with van der Waals surface area (Å²) in [6, 6.07) is 2.31. The maximum atomic E-state index is 13.4. The summed E-state index contributed by atoms with van der Waals surface area (Å²) in [6.45, 7) is 4.17. The lowest BCUT2D eigenvalue weighted by Gasteiger charge is -2.51. The lowest BCUT2D eigenvalue weighted by molar-refractivity contribution is 0.239. The minimum absolute atomic E-state index is 0.252. The SMILES string of the molecule is Cc1cnc(Nc2cnn(C)c2)nc1N1CC(CC#N)(NC[C@@H]2CC[C@@H](F)C2)C1. The van der Waals surface area contributed by atoms with Crippen molar-refractivity contribution < 1.29 is 4.39 Å². The predicted molar refractivity (Wildman–Crippen MR) is 109 cm³/mol. The molecule has 2 N–H and O–H groups in total. The molecule has 0 radical (unpaired) electrons. The summed E-state index contributed by atoms with van der Waals surface area (Å²) in [7, 11) is 1.85. The van der Waals surface area contributed by atoms with E-state index in [2.05, 4.69) is 36.7 Å². The molecule has 8 nitrogen and oxygen atoms in total. The molecule has 2 aromatic heterocycles. The number of hydrogen-bond donors (Lipinski definition) is 2. The van der Waals surface area contributed by atoms with Gasteiger partial charge in [0.25, 0.3) is 0 Å². The minimum Gasteiger partial charge on any atom is -0.352 e. The third kappa shape index (κ3) is 4.32. The van der Waals surface area contributed by atoms with Gasteiger partial charge in [0.05, 0.1) is 29.9 Å². The van der Waals surface area contributed by atoms with Gasteiger partial charge in [0.1, 0.15) is 12.0 Å². The fourth-order valence-corrected chi connectivity index (χ4v) is 4.26. The first-order valence-corrected chi connectivity index (χ1v) is 10.1. The third-order valence-corrected chi connectivity index (χ3v) is 5.85. The minimum atomic E-state index is -0.666. The highest BCUT2D eigenvalue weighted by Crippen LogP contribution is 2.33. The van der Waals surface area contributed by atoms with E-state index in [4.69, 9.17) is 0 Å². The number of nitrogens with zero attached hydrogens (tertiary/aromatic N) is 6. The molecule has 0 aromatic carbocycles. The van der Waals surface area contributed by atoms with Gasteiger partial charge in [-0.2, -0.15) is 15.3 Å². The van der Waals surface area contributed by atoms with E-state index in [9.17, 15) is 9.65 Å². The van der Waals surface area contributed by atoms with Gasteiger partial charge < -0.3 is 15.5 Å². The molecule has 3 heterocycles. The second-order valence-electron chi connectivity index (χ2n) is 8.36. The van der Waals surface area contributed by atoms with Gasteiger partial charge in [-0.25, -0.2) is 9.37 Å². The summed E-state index contributed by atoms with van der Waals surface area (Å²) in [4.78, 5) is 11.2.